The number of rotatable bonds is 3. The smallest absolute Gasteiger partial charge is 0.251 e. The lowest BCUT2D eigenvalue weighted by Gasteiger charge is -2.35. The predicted octanol–water partition coefficient (Wildman–Crippen LogP) is 2.12. The summed E-state index contributed by atoms with van der Waals surface area (Å²) in [5.74, 6) is 0.438. The number of piperidine rings is 1. The van der Waals surface area contributed by atoms with Gasteiger partial charge in [0.05, 0.1) is 6.54 Å². The number of likely N-dealkylation sites (tertiary alicyclic amines) is 1. The van der Waals surface area contributed by atoms with Gasteiger partial charge >= 0.3 is 0 Å². The van der Waals surface area contributed by atoms with Crippen molar-refractivity contribution in [2.45, 2.75) is 32.4 Å². The average molecular weight is 365 g/mol. The third kappa shape index (κ3) is 3.98. The highest BCUT2D eigenvalue weighted by atomic mass is 16.2. The fraction of sp³-hybridized carbons (Fsp3) is 0.455. The van der Waals surface area contributed by atoms with E-state index in [4.69, 9.17) is 0 Å². The van der Waals surface area contributed by atoms with Crippen LogP contribution in [0.15, 0.2) is 47.4 Å². The van der Waals surface area contributed by atoms with Crippen LogP contribution in [0.2, 0.25) is 0 Å². The van der Waals surface area contributed by atoms with E-state index < -0.39 is 0 Å². The van der Waals surface area contributed by atoms with Crippen LogP contribution in [0, 0.1) is 5.92 Å². The van der Waals surface area contributed by atoms with Crippen molar-refractivity contribution >= 4 is 5.91 Å². The van der Waals surface area contributed by atoms with Crippen molar-refractivity contribution in [3.05, 3.63) is 69.6 Å². The van der Waals surface area contributed by atoms with Crippen LogP contribution < -0.4 is 5.56 Å². The van der Waals surface area contributed by atoms with Crippen LogP contribution in [0.25, 0.3) is 0 Å². The van der Waals surface area contributed by atoms with Crippen molar-refractivity contribution in [1.82, 2.24) is 14.4 Å². The molecule has 27 heavy (non-hydrogen) atoms. The van der Waals surface area contributed by atoms with Crippen LogP contribution in [0.4, 0.5) is 0 Å². The first kappa shape index (κ1) is 18.0. The lowest BCUT2D eigenvalue weighted by molar-refractivity contribution is -0.137. The molecule has 1 fully saturated rings. The number of aromatic nitrogens is 1. The molecule has 1 aromatic carbocycles. The Labute approximate surface area is 160 Å². The van der Waals surface area contributed by atoms with E-state index in [2.05, 4.69) is 11.9 Å². The largest absolute Gasteiger partial charge is 0.338 e. The number of nitrogens with zero attached hydrogens (tertiary/aromatic N) is 3. The highest BCUT2D eigenvalue weighted by Crippen LogP contribution is 2.23. The Morgan fingerprint density at radius 2 is 1.81 bits per heavy atom. The van der Waals surface area contributed by atoms with Gasteiger partial charge < -0.3 is 14.4 Å². The molecule has 0 saturated carbocycles. The van der Waals surface area contributed by atoms with Gasteiger partial charge in [-0.3, -0.25) is 9.59 Å². The summed E-state index contributed by atoms with van der Waals surface area (Å²) < 4.78 is 1.76. The lowest BCUT2D eigenvalue weighted by Crippen LogP contribution is -2.44. The predicted molar refractivity (Wildman–Crippen MR) is 106 cm³/mol. The van der Waals surface area contributed by atoms with Gasteiger partial charge in [0, 0.05) is 31.3 Å². The molecule has 0 atom stereocenters. The molecular formula is C22H27N3O2. The van der Waals surface area contributed by atoms with Gasteiger partial charge in [-0.1, -0.05) is 30.3 Å². The Balaban J connectivity index is 1.50. The van der Waals surface area contributed by atoms with Crippen LogP contribution in [0.1, 0.15) is 29.5 Å². The molecule has 1 amide bonds. The number of hydrogen-bond donors (Lipinski definition) is 0. The van der Waals surface area contributed by atoms with Gasteiger partial charge in [0.15, 0.2) is 0 Å². The number of carbonyl (C=O) groups excluding carboxylic acids is 1. The van der Waals surface area contributed by atoms with E-state index >= 15 is 0 Å². The molecule has 0 radical (unpaired) electrons. The molecular weight excluding hydrogens is 338 g/mol. The van der Waals surface area contributed by atoms with E-state index in [1.807, 2.05) is 41.4 Å². The van der Waals surface area contributed by atoms with E-state index in [-0.39, 0.29) is 17.4 Å². The quantitative estimate of drug-likeness (QED) is 0.837. The van der Waals surface area contributed by atoms with Crippen LogP contribution >= 0.6 is 0 Å². The monoisotopic (exact) mass is 365 g/mol. The zero-order valence-corrected chi connectivity index (χ0v) is 15.9. The average Bonchev–Trinajstić information content (AvgIpc) is 2.69. The second-order valence-corrected chi connectivity index (χ2v) is 7.86. The molecule has 2 aliphatic heterocycles. The van der Waals surface area contributed by atoms with Crippen molar-refractivity contribution in [2.24, 2.45) is 5.92 Å². The molecule has 0 bridgehead atoms. The van der Waals surface area contributed by atoms with E-state index in [1.54, 1.807) is 10.6 Å². The number of amides is 1. The summed E-state index contributed by atoms with van der Waals surface area (Å²) >= 11 is 0. The van der Waals surface area contributed by atoms with Crippen molar-refractivity contribution in [3.8, 4) is 0 Å². The Morgan fingerprint density at radius 1 is 1.07 bits per heavy atom. The lowest BCUT2D eigenvalue weighted by atomic mass is 9.93. The van der Waals surface area contributed by atoms with Gasteiger partial charge in [-0.05, 0) is 56.1 Å². The molecule has 0 aliphatic carbocycles. The molecule has 142 valence electrons. The second kappa shape index (κ2) is 7.69. The number of hydrogen-bond acceptors (Lipinski definition) is 3. The molecule has 1 saturated heterocycles. The Kier molecular flexibility index (Phi) is 5.12. The maximum atomic E-state index is 13.0. The van der Waals surface area contributed by atoms with Crippen LogP contribution in [0.3, 0.4) is 0 Å². The normalized spacial score (nSPS) is 18.3. The minimum atomic E-state index is 0.0349. The van der Waals surface area contributed by atoms with Gasteiger partial charge in [0.1, 0.15) is 0 Å². The zero-order valence-electron chi connectivity index (χ0n) is 15.9. The van der Waals surface area contributed by atoms with Gasteiger partial charge in [-0.15, -0.1) is 0 Å². The minimum Gasteiger partial charge on any atom is -0.338 e. The summed E-state index contributed by atoms with van der Waals surface area (Å²) in [5, 5.41) is 0. The highest BCUT2D eigenvalue weighted by Gasteiger charge is 2.29. The van der Waals surface area contributed by atoms with E-state index in [0.29, 0.717) is 13.1 Å². The molecule has 0 spiro atoms. The Bertz CT molecular complexity index is 867. The standard InChI is InChI=1S/C22H27N3O2/c1-23-10-7-18(8-11-23)22(27)24-12-9-19-13-21(26)25(16-20(19)15-24)14-17-5-3-2-4-6-17/h2-6,13,16,18H,7-12,14-15H2,1H3. The molecule has 0 unspecified atom stereocenters. The molecule has 3 heterocycles. The number of benzene rings is 1. The van der Waals surface area contributed by atoms with E-state index in [0.717, 1.165) is 55.6 Å². The SMILES string of the molecule is CN1CCC(C(=O)N2CCc3cc(=O)n(Cc4ccccc4)cc3C2)CC1. The molecule has 5 nitrogen and oxygen atoms in total. The van der Waals surface area contributed by atoms with E-state index in [1.165, 1.54) is 0 Å². The fourth-order valence-corrected chi connectivity index (χ4v) is 4.18. The third-order valence-electron chi connectivity index (χ3n) is 5.89. The third-order valence-corrected chi connectivity index (χ3v) is 5.89. The molecule has 1 aromatic heterocycles. The summed E-state index contributed by atoms with van der Waals surface area (Å²) in [4.78, 5) is 29.7. The summed E-state index contributed by atoms with van der Waals surface area (Å²) in [6.07, 6.45) is 4.63. The minimum absolute atomic E-state index is 0.0349. The second-order valence-electron chi connectivity index (χ2n) is 7.86. The van der Waals surface area contributed by atoms with E-state index in [9.17, 15) is 9.59 Å². The number of carbonyl (C=O) groups is 1. The fourth-order valence-electron chi connectivity index (χ4n) is 4.18. The summed E-state index contributed by atoms with van der Waals surface area (Å²) in [6, 6.07) is 11.8. The van der Waals surface area contributed by atoms with Gasteiger partial charge in [0.25, 0.3) is 5.56 Å². The first-order valence-corrected chi connectivity index (χ1v) is 9.83. The maximum absolute atomic E-state index is 13.0. The topological polar surface area (TPSA) is 45.6 Å². The summed E-state index contributed by atoms with van der Waals surface area (Å²) in [7, 11) is 2.11. The first-order valence-electron chi connectivity index (χ1n) is 9.83. The van der Waals surface area contributed by atoms with Crippen molar-refractivity contribution in [2.75, 3.05) is 26.7 Å². The zero-order chi connectivity index (χ0) is 18.8. The Hall–Kier alpha value is -2.40. The number of pyridine rings is 1. The van der Waals surface area contributed by atoms with Crippen molar-refractivity contribution < 1.29 is 4.79 Å². The molecule has 2 aliphatic rings. The van der Waals surface area contributed by atoms with Crippen LogP contribution in [-0.2, 0) is 24.3 Å². The van der Waals surface area contributed by atoms with Crippen molar-refractivity contribution in [1.29, 1.82) is 0 Å². The summed E-state index contributed by atoms with van der Waals surface area (Å²) in [6.45, 7) is 3.90. The van der Waals surface area contributed by atoms with Crippen LogP contribution in [0.5, 0.6) is 0 Å². The molecule has 0 N–H and O–H groups in total. The Morgan fingerprint density at radius 3 is 2.56 bits per heavy atom. The number of fused-ring (bicyclic) bond motifs is 1. The summed E-state index contributed by atoms with van der Waals surface area (Å²) in [5.41, 5.74) is 3.34. The molecule has 5 heteroatoms. The molecule has 4 rings (SSSR count). The van der Waals surface area contributed by atoms with Crippen LogP contribution in [-0.4, -0.2) is 47.0 Å². The molecule has 2 aromatic rings. The van der Waals surface area contributed by atoms with Gasteiger partial charge in [-0.25, -0.2) is 0 Å². The maximum Gasteiger partial charge on any atom is 0.251 e. The van der Waals surface area contributed by atoms with Gasteiger partial charge in [-0.2, -0.15) is 0 Å². The van der Waals surface area contributed by atoms with Gasteiger partial charge in [0.2, 0.25) is 5.91 Å². The highest BCUT2D eigenvalue weighted by molar-refractivity contribution is 5.79. The van der Waals surface area contributed by atoms with Crippen molar-refractivity contribution in [3.63, 3.8) is 0 Å². The first-order chi connectivity index (χ1) is 13.1.